The Balaban J connectivity index is 1.48. The first-order valence-electron chi connectivity index (χ1n) is 10.3. The van der Waals surface area contributed by atoms with Crippen molar-refractivity contribution in [1.82, 2.24) is 4.98 Å². The number of nitrogens with zero attached hydrogens (tertiary/aromatic N) is 2. The van der Waals surface area contributed by atoms with Crippen LogP contribution in [0, 0.1) is 10.1 Å². The van der Waals surface area contributed by atoms with Gasteiger partial charge in [0.25, 0.3) is 5.91 Å². The fourth-order valence-electron chi connectivity index (χ4n) is 3.39. The number of hydrogen-bond acceptors (Lipinski definition) is 5. The zero-order valence-electron chi connectivity index (χ0n) is 17.7. The monoisotopic (exact) mass is 439 g/mol. The Labute approximate surface area is 190 Å². The molecule has 0 aliphatic rings. The number of rotatable bonds is 8. The molecule has 7 heteroatoms. The SMILES string of the molecule is O=C(Nc1ccc(Cc2ccncc2)cc1)c1cccc(OCc2ccccc2)c1[N+](=O)[O-]. The molecule has 0 atom stereocenters. The third-order valence-corrected chi connectivity index (χ3v) is 5.03. The van der Waals surface area contributed by atoms with E-state index < -0.39 is 10.8 Å². The summed E-state index contributed by atoms with van der Waals surface area (Å²) in [4.78, 5) is 28.1. The number of nitrogens with one attached hydrogen (secondary N) is 1. The van der Waals surface area contributed by atoms with Crippen LogP contribution >= 0.6 is 0 Å². The molecule has 0 aliphatic carbocycles. The van der Waals surface area contributed by atoms with Gasteiger partial charge in [-0.2, -0.15) is 0 Å². The predicted molar refractivity (Wildman–Crippen MR) is 125 cm³/mol. The third-order valence-electron chi connectivity index (χ3n) is 5.03. The molecule has 0 unspecified atom stereocenters. The number of pyridine rings is 1. The van der Waals surface area contributed by atoms with Gasteiger partial charge in [0.1, 0.15) is 12.2 Å². The normalized spacial score (nSPS) is 10.4. The fraction of sp³-hybridized carbons (Fsp3) is 0.0769. The van der Waals surface area contributed by atoms with E-state index in [1.54, 1.807) is 30.6 Å². The highest BCUT2D eigenvalue weighted by atomic mass is 16.6. The van der Waals surface area contributed by atoms with Gasteiger partial charge in [0, 0.05) is 18.1 Å². The van der Waals surface area contributed by atoms with Gasteiger partial charge in [-0.25, -0.2) is 0 Å². The number of nitro benzene ring substituents is 1. The van der Waals surface area contributed by atoms with E-state index >= 15 is 0 Å². The Kier molecular flexibility index (Phi) is 6.70. The first kappa shape index (κ1) is 21.7. The van der Waals surface area contributed by atoms with E-state index in [-0.39, 0.29) is 23.6 Å². The van der Waals surface area contributed by atoms with Crippen LogP contribution in [0.25, 0.3) is 0 Å². The predicted octanol–water partition coefficient (Wildman–Crippen LogP) is 5.41. The maximum atomic E-state index is 12.9. The third kappa shape index (κ3) is 5.59. The van der Waals surface area contributed by atoms with Crippen LogP contribution in [0.4, 0.5) is 11.4 Å². The number of carbonyl (C=O) groups excluding carboxylic acids is 1. The van der Waals surface area contributed by atoms with Gasteiger partial charge >= 0.3 is 5.69 Å². The topological polar surface area (TPSA) is 94.4 Å². The molecule has 0 bridgehead atoms. The molecule has 0 fully saturated rings. The Hall–Kier alpha value is -4.52. The van der Waals surface area contributed by atoms with Gasteiger partial charge in [0.05, 0.1) is 4.92 Å². The van der Waals surface area contributed by atoms with E-state index in [0.29, 0.717) is 5.69 Å². The van der Waals surface area contributed by atoms with Crippen molar-refractivity contribution in [1.29, 1.82) is 0 Å². The van der Waals surface area contributed by atoms with Crippen LogP contribution in [-0.4, -0.2) is 15.8 Å². The maximum Gasteiger partial charge on any atom is 0.323 e. The van der Waals surface area contributed by atoms with Crippen molar-refractivity contribution in [2.24, 2.45) is 0 Å². The van der Waals surface area contributed by atoms with E-state index in [4.69, 9.17) is 4.74 Å². The highest BCUT2D eigenvalue weighted by molar-refractivity contribution is 6.07. The second kappa shape index (κ2) is 10.2. The molecule has 3 aromatic carbocycles. The lowest BCUT2D eigenvalue weighted by Gasteiger charge is -2.11. The van der Waals surface area contributed by atoms with Crippen molar-refractivity contribution in [2.75, 3.05) is 5.32 Å². The van der Waals surface area contributed by atoms with Crippen molar-refractivity contribution in [3.8, 4) is 5.75 Å². The Bertz CT molecular complexity index is 1240. The number of anilines is 1. The van der Waals surface area contributed by atoms with Gasteiger partial charge in [-0.3, -0.25) is 19.9 Å². The largest absolute Gasteiger partial charge is 0.482 e. The number of ether oxygens (including phenoxy) is 1. The highest BCUT2D eigenvalue weighted by Crippen LogP contribution is 2.32. The molecule has 0 saturated heterocycles. The molecule has 0 saturated carbocycles. The molecule has 1 amide bonds. The lowest BCUT2D eigenvalue weighted by atomic mass is 10.1. The Morgan fingerprint density at radius 3 is 2.24 bits per heavy atom. The van der Waals surface area contributed by atoms with Crippen LogP contribution < -0.4 is 10.1 Å². The van der Waals surface area contributed by atoms with Gasteiger partial charge in [-0.15, -0.1) is 0 Å². The minimum absolute atomic E-state index is 0.0456. The van der Waals surface area contributed by atoms with E-state index in [9.17, 15) is 14.9 Å². The molecule has 7 nitrogen and oxygen atoms in total. The van der Waals surface area contributed by atoms with Crippen molar-refractivity contribution in [3.63, 3.8) is 0 Å². The van der Waals surface area contributed by atoms with Crippen molar-refractivity contribution >= 4 is 17.3 Å². The number of amides is 1. The number of hydrogen-bond donors (Lipinski definition) is 1. The Morgan fingerprint density at radius 1 is 0.848 bits per heavy atom. The molecule has 33 heavy (non-hydrogen) atoms. The number of carbonyl (C=O) groups is 1. The van der Waals surface area contributed by atoms with Crippen molar-refractivity contribution in [3.05, 3.63) is 130 Å². The van der Waals surface area contributed by atoms with Crippen LogP contribution in [-0.2, 0) is 13.0 Å². The minimum Gasteiger partial charge on any atom is -0.482 e. The summed E-state index contributed by atoms with van der Waals surface area (Å²) in [7, 11) is 0. The zero-order chi connectivity index (χ0) is 23.0. The number of nitro groups is 1. The van der Waals surface area contributed by atoms with Crippen molar-refractivity contribution in [2.45, 2.75) is 13.0 Å². The summed E-state index contributed by atoms with van der Waals surface area (Å²) < 4.78 is 5.67. The lowest BCUT2D eigenvalue weighted by Crippen LogP contribution is -2.14. The minimum atomic E-state index is -0.590. The van der Waals surface area contributed by atoms with Crippen molar-refractivity contribution < 1.29 is 14.5 Å². The summed E-state index contributed by atoms with van der Waals surface area (Å²) >= 11 is 0. The quantitative estimate of drug-likeness (QED) is 0.293. The fourth-order valence-corrected chi connectivity index (χ4v) is 3.39. The van der Waals surface area contributed by atoms with Gasteiger partial charge in [0.15, 0.2) is 5.75 Å². The van der Waals surface area contributed by atoms with Gasteiger partial charge in [0.2, 0.25) is 0 Å². The van der Waals surface area contributed by atoms with E-state index in [2.05, 4.69) is 10.3 Å². The first-order chi connectivity index (χ1) is 16.1. The van der Waals surface area contributed by atoms with Crippen LogP contribution in [0.5, 0.6) is 5.75 Å². The molecule has 0 spiro atoms. The number of benzene rings is 3. The molecule has 1 N–H and O–H groups in total. The average Bonchev–Trinajstić information content (AvgIpc) is 2.85. The number of para-hydroxylation sites is 1. The van der Waals surface area contributed by atoms with E-state index in [1.165, 1.54) is 12.1 Å². The first-order valence-corrected chi connectivity index (χ1v) is 10.3. The molecule has 4 aromatic rings. The van der Waals surface area contributed by atoms with E-state index in [1.807, 2.05) is 54.6 Å². The molecular weight excluding hydrogens is 418 g/mol. The van der Waals surface area contributed by atoms with E-state index in [0.717, 1.165) is 23.1 Å². The zero-order valence-corrected chi connectivity index (χ0v) is 17.7. The van der Waals surface area contributed by atoms with Crippen LogP contribution in [0.2, 0.25) is 0 Å². The number of aromatic nitrogens is 1. The highest BCUT2D eigenvalue weighted by Gasteiger charge is 2.26. The molecule has 1 heterocycles. The summed E-state index contributed by atoms with van der Waals surface area (Å²) in [6.07, 6.45) is 4.23. The van der Waals surface area contributed by atoms with Gasteiger partial charge in [-0.1, -0.05) is 48.5 Å². The summed E-state index contributed by atoms with van der Waals surface area (Å²) in [5.74, 6) is -0.530. The second-order valence-corrected chi connectivity index (χ2v) is 7.37. The molecule has 164 valence electrons. The summed E-state index contributed by atoms with van der Waals surface area (Å²) in [5.41, 5.74) is 3.19. The van der Waals surface area contributed by atoms with Crippen LogP contribution in [0.3, 0.4) is 0 Å². The van der Waals surface area contributed by atoms with Crippen LogP contribution in [0.15, 0.2) is 97.3 Å². The lowest BCUT2D eigenvalue weighted by molar-refractivity contribution is -0.386. The van der Waals surface area contributed by atoms with Crippen LogP contribution in [0.1, 0.15) is 27.0 Å². The summed E-state index contributed by atoms with van der Waals surface area (Å²) in [6, 6.07) is 25.1. The summed E-state index contributed by atoms with van der Waals surface area (Å²) in [5, 5.41) is 14.5. The molecule has 1 aromatic heterocycles. The second-order valence-electron chi connectivity index (χ2n) is 7.37. The smallest absolute Gasteiger partial charge is 0.323 e. The summed E-state index contributed by atoms with van der Waals surface area (Å²) in [6.45, 7) is 0.158. The molecular formula is C26H21N3O4. The Morgan fingerprint density at radius 2 is 1.55 bits per heavy atom. The average molecular weight is 439 g/mol. The van der Waals surface area contributed by atoms with Gasteiger partial charge < -0.3 is 10.1 Å². The molecule has 4 rings (SSSR count). The van der Waals surface area contributed by atoms with Gasteiger partial charge in [-0.05, 0) is 59.5 Å². The molecule has 0 aliphatic heterocycles. The molecule has 0 radical (unpaired) electrons. The maximum absolute atomic E-state index is 12.9. The standard InChI is InChI=1S/C26H21N3O4/c30-26(28-22-11-9-19(10-12-22)17-20-13-15-27-16-14-20)23-7-4-8-24(25(23)29(31)32)33-18-21-5-2-1-3-6-21/h1-16H,17-18H2,(H,28,30).